The predicted octanol–water partition coefficient (Wildman–Crippen LogP) is 0.952. The molecule has 8 nitrogen and oxygen atoms in total. The van der Waals surface area contributed by atoms with Gasteiger partial charge in [0.15, 0.2) is 26.5 Å². The van der Waals surface area contributed by atoms with E-state index in [4.69, 9.17) is 14.2 Å². The fourth-order valence-corrected chi connectivity index (χ4v) is 7.03. The second-order valence-electron chi connectivity index (χ2n) is 5.93. The van der Waals surface area contributed by atoms with Crippen LogP contribution in [0.1, 0.15) is 0 Å². The summed E-state index contributed by atoms with van der Waals surface area (Å²) in [5.41, 5.74) is 0.698. The molecule has 0 N–H and O–H groups in total. The molecule has 0 aromatic heterocycles. The van der Waals surface area contributed by atoms with E-state index in [9.17, 15) is 13.2 Å². The van der Waals surface area contributed by atoms with E-state index < -0.39 is 15.7 Å². The quantitative estimate of drug-likeness (QED) is 0.721. The van der Waals surface area contributed by atoms with Gasteiger partial charge in [-0.2, -0.15) is 4.99 Å². The lowest BCUT2D eigenvalue weighted by Crippen LogP contribution is -2.37. The number of sulfone groups is 1. The van der Waals surface area contributed by atoms with Gasteiger partial charge in [-0.3, -0.25) is 4.79 Å². The van der Waals surface area contributed by atoms with E-state index in [0.717, 1.165) is 0 Å². The van der Waals surface area contributed by atoms with Crippen LogP contribution in [-0.2, 0) is 19.4 Å². The average molecular weight is 400 g/mol. The lowest BCUT2D eigenvalue weighted by atomic mass is 10.2. The number of thioether (sulfide) groups is 1. The first-order chi connectivity index (χ1) is 12.4. The third-order valence-electron chi connectivity index (χ3n) is 4.20. The average Bonchev–Trinajstić information content (AvgIpc) is 3.05. The van der Waals surface area contributed by atoms with Crippen molar-refractivity contribution < 1.29 is 27.4 Å². The summed E-state index contributed by atoms with van der Waals surface area (Å²) in [6.45, 7) is -0.128. The Morgan fingerprint density at radius 3 is 2.62 bits per heavy atom. The number of carbonyl (C=O) groups excluding carboxylic acids is 1. The van der Waals surface area contributed by atoms with Crippen molar-refractivity contribution in [3.8, 4) is 11.5 Å². The molecule has 0 saturated carbocycles. The van der Waals surface area contributed by atoms with Crippen LogP contribution in [0.15, 0.2) is 23.2 Å². The molecule has 2 aliphatic rings. The van der Waals surface area contributed by atoms with Crippen LogP contribution in [0.3, 0.4) is 0 Å². The molecule has 26 heavy (non-hydrogen) atoms. The topological polar surface area (TPSA) is 94.5 Å². The van der Waals surface area contributed by atoms with Crippen LogP contribution in [0.25, 0.3) is 0 Å². The number of carbonyl (C=O) groups is 1. The summed E-state index contributed by atoms with van der Waals surface area (Å²) in [6, 6.07) is 5.01. The summed E-state index contributed by atoms with van der Waals surface area (Å²) >= 11 is 1.31. The molecule has 10 heteroatoms. The molecule has 1 amide bonds. The molecule has 1 aromatic carbocycles. The van der Waals surface area contributed by atoms with E-state index >= 15 is 0 Å². The maximum atomic E-state index is 12.1. The Morgan fingerprint density at radius 2 is 1.96 bits per heavy atom. The summed E-state index contributed by atoms with van der Waals surface area (Å²) < 4.78 is 39.6. The van der Waals surface area contributed by atoms with Crippen molar-refractivity contribution in [3.63, 3.8) is 0 Å². The van der Waals surface area contributed by atoms with E-state index in [1.165, 1.54) is 26.0 Å². The summed E-state index contributed by atoms with van der Waals surface area (Å²) in [4.78, 5) is 17.9. The molecule has 0 radical (unpaired) electrons. The van der Waals surface area contributed by atoms with Crippen molar-refractivity contribution in [3.05, 3.63) is 18.2 Å². The second kappa shape index (κ2) is 7.45. The number of rotatable bonds is 5. The third kappa shape index (κ3) is 3.67. The smallest absolute Gasteiger partial charge is 0.274 e. The minimum atomic E-state index is -3.12. The largest absolute Gasteiger partial charge is 0.493 e. The van der Waals surface area contributed by atoms with Crippen LogP contribution in [0, 0.1) is 0 Å². The van der Waals surface area contributed by atoms with Crippen molar-refractivity contribution in [1.82, 2.24) is 0 Å². The lowest BCUT2D eigenvalue weighted by Gasteiger charge is -2.25. The standard InChI is InChI=1S/C16H20N2O6S2/c1-22-7-15(19)17-16-18(11-8-26(20,21)9-14(11)25-16)10-4-5-12(23-2)13(6-10)24-3/h4-6,11,14H,7-9H2,1-3H3. The Bertz CT molecular complexity index is 839. The molecule has 2 saturated heterocycles. The number of hydrogen-bond acceptors (Lipinski definition) is 7. The van der Waals surface area contributed by atoms with Crippen molar-refractivity contribution in [1.29, 1.82) is 0 Å². The predicted molar refractivity (Wildman–Crippen MR) is 100 cm³/mol. The zero-order valence-corrected chi connectivity index (χ0v) is 16.3. The van der Waals surface area contributed by atoms with Gasteiger partial charge < -0.3 is 19.1 Å². The van der Waals surface area contributed by atoms with Gasteiger partial charge in [-0.1, -0.05) is 11.8 Å². The van der Waals surface area contributed by atoms with E-state index in [1.54, 1.807) is 30.2 Å². The molecule has 2 heterocycles. The molecule has 0 aliphatic carbocycles. The highest BCUT2D eigenvalue weighted by Crippen LogP contribution is 2.43. The number of benzene rings is 1. The number of fused-ring (bicyclic) bond motifs is 1. The van der Waals surface area contributed by atoms with Gasteiger partial charge in [-0.15, -0.1) is 0 Å². The van der Waals surface area contributed by atoms with Crippen molar-refractivity contribution >= 4 is 38.4 Å². The van der Waals surface area contributed by atoms with Crippen molar-refractivity contribution in [2.75, 3.05) is 44.3 Å². The van der Waals surface area contributed by atoms with Gasteiger partial charge >= 0.3 is 0 Å². The first-order valence-corrected chi connectivity index (χ1v) is 10.6. The first-order valence-electron chi connectivity index (χ1n) is 7.87. The van der Waals surface area contributed by atoms with Gasteiger partial charge in [-0.05, 0) is 12.1 Å². The second-order valence-corrected chi connectivity index (χ2v) is 9.29. The number of amidine groups is 1. The number of anilines is 1. The molecule has 0 bridgehead atoms. The maximum absolute atomic E-state index is 12.1. The Balaban J connectivity index is 2.02. The Hall–Kier alpha value is -1.78. The maximum Gasteiger partial charge on any atom is 0.274 e. The van der Waals surface area contributed by atoms with E-state index in [2.05, 4.69) is 4.99 Å². The summed E-state index contributed by atoms with van der Waals surface area (Å²) in [5.74, 6) is 0.762. The number of ether oxygens (including phenoxy) is 3. The van der Waals surface area contributed by atoms with Gasteiger partial charge in [0.1, 0.15) is 6.61 Å². The number of hydrogen-bond donors (Lipinski definition) is 0. The van der Waals surface area contributed by atoms with Crippen molar-refractivity contribution in [2.45, 2.75) is 11.3 Å². The minimum Gasteiger partial charge on any atom is -0.493 e. The fourth-order valence-electron chi connectivity index (χ4n) is 3.10. The molecule has 3 rings (SSSR count). The fraction of sp³-hybridized carbons (Fsp3) is 0.500. The molecule has 1 aromatic rings. The summed E-state index contributed by atoms with van der Waals surface area (Å²) in [6.07, 6.45) is 0. The summed E-state index contributed by atoms with van der Waals surface area (Å²) in [7, 11) is 1.37. The van der Waals surface area contributed by atoms with Crippen LogP contribution in [0.2, 0.25) is 0 Å². The van der Waals surface area contributed by atoms with Crippen LogP contribution in [0.4, 0.5) is 5.69 Å². The molecule has 2 aliphatic heterocycles. The highest BCUT2D eigenvalue weighted by atomic mass is 32.2. The highest BCUT2D eigenvalue weighted by Gasteiger charge is 2.49. The van der Waals surface area contributed by atoms with Gasteiger partial charge in [-0.25, -0.2) is 8.42 Å². The van der Waals surface area contributed by atoms with Gasteiger partial charge in [0.25, 0.3) is 5.91 Å². The molecule has 2 fully saturated rings. The normalized spacial score (nSPS) is 25.3. The Morgan fingerprint density at radius 1 is 1.23 bits per heavy atom. The molecule has 142 valence electrons. The molecular formula is C16H20N2O6S2. The van der Waals surface area contributed by atoms with Crippen LogP contribution in [0.5, 0.6) is 11.5 Å². The Labute approximate surface area is 156 Å². The van der Waals surface area contributed by atoms with Gasteiger partial charge in [0, 0.05) is 24.1 Å². The first kappa shape index (κ1) is 19.0. The number of nitrogens with zero attached hydrogens (tertiary/aromatic N) is 2. The van der Waals surface area contributed by atoms with E-state index in [-0.39, 0.29) is 29.4 Å². The monoisotopic (exact) mass is 400 g/mol. The number of amides is 1. The van der Waals surface area contributed by atoms with Crippen LogP contribution < -0.4 is 14.4 Å². The molecular weight excluding hydrogens is 380 g/mol. The summed E-state index contributed by atoms with van der Waals surface area (Å²) in [5, 5.41) is 0.311. The van der Waals surface area contributed by atoms with Crippen LogP contribution >= 0.6 is 11.8 Å². The SMILES string of the molecule is COCC(=O)N=C1SC2CS(=O)(=O)CC2N1c1ccc(OC)c(OC)c1. The zero-order chi connectivity index (χ0) is 18.9. The molecule has 0 spiro atoms. The zero-order valence-electron chi connectivity index (χ0n) is 14.7. The number of methoxy groups -OCH3 is 3. The van der Waals surface area contributed by atoms with Gasteiger partial charge in [0.05, 0.1) is 31.8 Å². The van der Waals surface area contributed by atoms with Crippen molar-refractivity contribution in [2.24, 2.45) is 4.99 Å². The van der Waals surface area contributed by atoms with E-state index in [1.807, 2.05) is 0 Å². The van der Waals surface area contributed by atoms with E-state index in [0.29, 0.717) is 22.4 Å². The minimum absolute atomic E-state index is 0.0243. The lowest BCUT2D eigenvalue weighted by molar-refractivity contribution is -0.121. The third-order valence-corrected chi connectivity index (χ3v) is 7.41. The highest BCUT2D eigenvalue weighted by molar-refractivity contribution is 8.16. The number of aliphatic imine (C=N–C) groups is 1. The Kier molecular flexibility index (Phi) is 5.44. The van der Waals surface area contributed by atoms with Crippen LogP contribution in [-0.4, -0.2) is 70.2 Å². The molecule has 2 unspecified atom stereocenters. The molecule has 2 atom stereocenters. The van der Waals surface area contributed by atoms with Gasteiger partial charge in [0.2, 0.25) is 0 Å².